The number of benzene rings is 2. The number of hydrogen-bond donors (Lipinski definition) is 1. The van der Waals surface area contributed by atoms with E-state index in [2.05, 4.69) is 35.6 Å². The van der Waals surface area contributed by atoms with Crippen molar-refractivity contribution in [3.05, 3.63) is 95.3 Å². The van der Waals surface area contributed by atoms with E-state index >= 15 is 0 Å². The molecule has 2 aliphatic rings. The van der Waals surface area contributed by atoms with E-state index in [4.69, 9.17) is 4.98 Å². The molecule has 3 unspecified atom stereocenters. The fraction of sp³-hybridized carbons (Fsp3) is 0.357. The Bertz CT molecular complexity index is 1160. The Labute approximate surface area is 204 Å². The summed E-state index contributed by atoms with van der Waals surface area (Å²) >= 11 is 0. The Balaban J connectivity index is 1.32. The van der Waals surface area contributed by atoms with Crippen LogP contribution in [-0.2, 0) is 17.3 Å². The van der Waals surface area contributed by atoms with Crippen LogP contribution in [0.1, 0.15) is 59.9 Å². The Kier molecular flexibility index (Phi) is 6.77. The third-order valence-electron chi connectivity index (χ3n) is 6.97. The van der Waals surface area contributed by atoms with Crippen LogP contribution in [0.3, 0.4) is 0 Å². The average Bonchev–Trinajstić information content (AvgIpc) is 3.65. The molecule has 1 aliphatic heterocycles. The van der Waals surface area contributed by atoms with Gasteiger partial charge in [0, 0.05) is 54.0 Å². The Hall–Kier alpha value is -2.99. The molecule has 2 amide bonds. The van der Waals surface area contributed by atoms with Gasteiger partial charge in [-0.05, 0) is 53.6 Å². The first-order chi connectivity index (χ1) is 16.6. The number of pyridine rings is 1. The summed E-state index contributed by atoms with van der Waals surface area (Å²) in [5, 5.41) is 3.09. The highest BCUT2D eigenvalue weighted by atomic mass is 32.2. The minimum Gasteiger partial charge on any atom is -0.334 e. The molecule has 1 saturated heterocycles. The Morgan fingerprint density at radius 2 is 1.74 bits per heavy atom. The van der Waals surface area contributed by atoms with Crippen molar-refractivity contribution >= 4 is 16.8 Å². The normalized spacial score (nSPS) is 20.8. The number of nitrogens with zero attached hydrogens (tertiary/aromatic N) is 2. The van der Waals surface area contributed by atoms with Gasteiger partial charge in [0.1, 0.15) is 0 Å². The summed E-state index contributed by atoms with van der Waals surface area (Å²) in [6.07, 6.45) is 4.35. The van der Waals surface area contributed by atoms with E-state index in [-0.39, 0.29) is 17.9 Å². The summed E-state index contributed by atoms with van der Waals surface area (Å²) < 4.78 is 12.0. The lowest BCUT2D eigenvalue weighted by atomic mass is 9.84. The first-order valence-corrected chi connectivity index (χ1v) is 13.5. The lowest BCUT2D eigenvalue weighted by Gasteiger charge is -2.20. The van der Waals surface area contributed by atoms with Gasteiger partial charge in [-0.3, -0.25) is 9.19 Å². The van der Waals surface area contributed by atoms with Gasteiger partial charge in [-0.15, -0.1) is 0 Å². The van der Waals surface area contributed by atoms with E-state index in [1.165, 1.54) is 24.0 Å². The fourth-order valence-electron chi connectivity index (χ4n) is 4.98. The summed E-state index contributed by atoms with van der Waals surface area (Å²) in [4.78, 5) is 20.8. The number of aromatic nitrogens is 1. The van der Waals surface area contributed by atoms with E-state index in [1.807, 2.05) is 54.4 Å². The highest BCUT2D eigenvalue weighted by molar-refractivity contribution is 7.85. The highest BCUT2D eigenvalue weighted by Gasteiger charge is 2.40. The number of likely N-dealkylation sites (tertiary alicyclic amines) is 1. The molecule has 1 saturated carbocycles. The van der Waals surface area contributed by atoms with E-state index in [1.54, 1.807) is 0 Å². The molecule has 6 heteroatoms. The van der Waals surface area contributed by atoms with Crippen LogP contribution in [-0.4, -0.2) is 39.0 Å². The van der Waals surface area contributed by atoms with Gasteiger partial charge in [0.15, 0.2) is 0 Å². The fourth-order valence-corrected chi connectivity index (χ4v) is 5.75. The van der Waals surface area contributed by atoms with Crippen molar-refractivity contribution in [2.45, 2.75) is 49.0 Å². The van der Waals surface area contributed by atoms with Crippen molar-refractivity contribution in [3.63, 3.8) is 0 Å². The molecule has 1 aliphatic carbocycles. The minimum atomic E-state index is -0.960. The second kappa shape index (κ2) is 10.1. The second-order valence-corrected chi connectivity index (χ2v) is 11.0. The molecule has 0 spiro atoms. The van der Waals surface area contributed by atoms with Crippen molar-refractivity contribution in [3.8, 4) is 0 Å². The average molecular weight is 474 g/mol. The van der Waals surface area contributed by atoms with E-state index in [0.717, 1.165) is 16.2 Å². The van der Waals surface area contributed by atoms with Crippen LogP contribution in [0, 0.1) is 0 Å². The number of hydrogen-bond acceptors (Lipinski definition) is 3. The summed E-state index contributed by atoms with van der Waals surface area (Å²) in [6, 6.07) is 22.4. The lowest BCUT2D eigenvalue weighted by Crippen LogP contribution is -2.38. The van der Waals surface area contributed by atoms with Crippen LogP contribution in [0.4, 0.5) is 4.79 Å². The molecule has 0 bridgehead atoms. The summed E-state index contributed by atoms with van der Waals surface area (Å²) in [5.74, 6) is 1.64. The number of amides is 2. The Morgan fingerprint density at radius 1 is 1.00 bits per heavy atom. The molecular weight excluding hydrogens is 442 g/mol. The maximum Gasteiger partial charge on any atom is 0.317 e. The topological polar surface area (TPSA) is 62.3 Å². The standard InChI is InChI=1S/C28H31N3O2S/c1-2-34(33)23-14-10-20(11-15-23)17-30-28(32)31-18-25(21-7-4-3-5-8-21)26(19-31)27-24(22-12-13-22)9-6-16-29-27/h3-11,14-16,22,25-26H,2,12-13,17-19H2,1H3,(H,30,32). The quantitative estimate of drug-likeness (QED) is 0.514. The predicted molar refractivity (Wildman–Crippen MR) is 135 cm³/mol. The molecule has 0 radical (unpaired) electrons. The molecule has 5 rings (SSSR count). The summed E-state index contributed by atoms with van der Waals surface area (Å²) in [7, 11) is -0.960. The van der Waals surface area contributed by atoms with Gasteiger partial charge in [0.25, 0.3) is 0 Å². The Morgan fingerprint density at radius 3 is 2.44 bits per heavy atom. The number of nitrogens with one attached hydrogen (secondary N) is 1. The van der Waals surface area contributed by atoms with Crippen molar-refractivity contribution in [2.24, 2.45) is 0 Å². The van der Waals surface area contributed by atoms with Crippen molar-refractivity contribution < 1.29 is 9.00 Å². The molecule has 3 aromatic rings. The summed E-state index contributed by atoms with van der Waals surface area (Å²) in [5.41, 5.74) is 4.78. The largest absolute Gasteiger partial charge is 0.334 e. The zero-order chi connectivity index (χ0) is 23.5. The molecule has 2 heterocycles. The van der Waals surface area contributed by atoms with Crippen LogP contribution >= 0.6 is 0 Å². The molecule has 34 heavy (non-hydrogen) atoms. The molecule has 1 N–H and O–H groups in total. The summed E-state index contributed by atoms with van der Waals surface area (Å²) in [6.45, 7) is 3.70. The molecule has 176 valence electrons. The third kappa shape index (κ3) is 4.92. The SMILES string of the molecule is CCS(=O)c1ccc(CNC(=O)N2CC(c3ccccc3)C(c3ncccc3C3CC3)C2)cc1. The first kappa shape index (κ1) is 22.8. The van der Waals surface area contributed by atoms with Gasteiger partial charge in [-0.2, -0.15) is 0 Å². The lowest BCUT2D eigenvalue weighted by molar-refractivity contribution is 0.207. The van der Waals surface area contributed by atoms with E-state index in [0.29, 0.717) is 31.3 Å². The molecule has 2 fully saturated rings. The maximum atomic E-state index is 13.2. The van der Waals surface area contributed by atoms with Crippen LogP contribution in [0.25, 0.3) is 0 Å². The smallest absolute Gasteiger partial charge is 0.317 e. The molecular formula is C28H31N3O2S. The first-order valence-electron chi connectivity index (χ1n) is 12.1. The zero-order valence-corrected chi connectivity index (χ0v) is 20.3. The molecule has 5 nitrogen and oxygen atoms in total. The van der Waals surface area contributed by atoms with Crippen molar-refractivity contribution in [2.75, 3.05) is 18.8 Å². The van der Waals surface area contributed by atoms with Gasteiger partial charge < -0.3 is 10.2 Å². The van der Waals surface area contributed by atoms with Crippen molar-refractivity contribution in [1.82, 2.24) is 15.2 Å². The predicted octanol–water partition coefficient (Wildman–Crippen LogP) is 5.18. The van der Waals surface area contributed by atoms with Crippen LogP contribution in [0.5, 0.6) is 0 Å². The van der Waals surface area contributed by atoms with Gasteiger partial charge in [0.05, 0.1) is 10.8 Å². The van der Waals surface area contributed by atoms with Gasteiger partial charge in [0.2, 0.25) is 0 Å². The highest BCUT2D eigenvalue weighted by Crippen LogP contribution is 2.47. The number of carbonyl (C=O) groups is 1. The van der Waals surface area contributed by atoms with Gasteiger partial charge in [-0.1, -0.05) is 55.5 Å². The van der Waals surface area contributed by atoms with Crippen LogP contribution in [0.2, 0.25) is 0 Å². The minimum absolute atomic E-state index is 0.0476. The molecule has 2 aromatic carbocycles. The molecule has 1 aromatic heterocycles. The molecule has 3 atom stereocenters. The number of rotatable bonds is 7. The number of urea groups is 1. The monoisotopic (exact) mass is 473 g/mol. The van der Waals surface area contributed by atoms with E-state index in [9.17, 15) is 9.00 Å². The number of carbonyl (C=O) groups excluding carboxylic acids is 1. The van der Waals surface area contributed by atoms with Crippen LogP contribution in [0.15, 0.2) is 77.8 Å². The van der Waals surface area contributed by atoms with Gasteiger partial charge >= 0.3 is 6.03 Å². The second-order valence-electron chi connectivity index (χ2n) is 9.22. The van der Waals surface area contributed by atoms with Crippen molar-refractivity contribution in [1.29, 1.82) is 0 Å². The maximum absolute atomic E-state index is 13.2. The van der Waals surface area contributed by atoms with Crippen LogP contribution < -0.4 is 5.32 Å². The van der Waals surface area contributed by atoms with E-state index < -0.39 is 10.8 Å². The van der Waals surface area contributed by atoms with Gasteiger partial charge in [-0.25, -0.2) is 4.79 Å². The zero-order valence-electron chi connectivity index (χ0n) is 19.5. The third-order valence-corrected chi connectivity index (χ3v) is 8.29.